The molecule has 0 radical (unpaired) electrons. The van der Waals surface area contributed by atoms with Gasteiger partial charge in [-0.25, -0.2) is 0 Å². The maximum absolute atomic E-state index is 2.63. The number of hydrogen-bond donors (Lipinski definition) is 0. The zero-order valence-corrected chi connectivity index (χ0v) is 21.7. The molecule has 0 saturated heterocycles. The zero-order chi connectivity index (χ0) is 16.9. The zero-order valence-electron chi connectivity index (χ0n) is 17.0. The van der Waals surface area contributed by atoms with Gasteiger partial charge in [0.15, 0.2) is 0 Å². The van der Waals surface area contributed by atoms with Crippen LogP contribution in [0.3, 0.4) is 0 Å². The number of halogens is 2. The molecule has 0 aromatic rings. The van der Waals surface area contributed by atoms with Crippen LogP contribution < -0.4 is 9.41 Å². The first-order valence-electron chi connectivity index (χ1n) is 8.75. The van der Waals surface area contributed by atoms with E-state index in [0.29, 0.717) is 0 Å². The molecule has 4 heteroatoms. The summed E-state index contributed by atoms with van der Waals surface area (Å²) < 4.78 is 3.93. The molecule has 0 amide bonds. The van der Waals surface area contributed by atoms with E-state index < -0.39 is 26.6 Å². The van der Waals surface area contributed by atoms with Gasteiger partial charge in [-0.2, -0.15) is 0 Å². The summed E-state index contributed by atoms with van der Waals surface area (Å²) in [4.78, 5) is 0. The van der Waals surface area contributed by atoms with Crippen LogP contribution in [0, 0.1) is 11.8 Å². The van der Waals surface area contributed by atoms with Crippen molar-refractivity contribution in [3.05, 3.63) is 40.1 Å². The van der Waals surface area contributed by atoms with Crippen LogP contribution in [0.15, 0.2) is 40.1 Å². The first kappa shape index (κ1) is 23.9. The first-order valence-corrected chi connectivity index (χ1v) is 21.5. The van der Waals surface area contributed by atoms with Gasteiger partial charge in [0.2, 0.25) is 0 Å². The molecule has 2 rings (SSSR count). The summed E-state index contributed by atoms with van der Waals surface area (Å²) in [5.41, 5.74) is 9.87. The van der Waals surface area contributed by atoms with Crippen molar-refractivity contribution >= 4 is 5.98 Å². The fourth-order valence-corrected chi connectivity index (χ4v) is 36.9. The minimum Gasteiger partial charge on any atom is -1.00 e. The van der Waals surface area contributed by atoms with Gasteiger partial charge in [0, 0.05) is 0 Å². The largest absolute Gasteiger partial charge is 1.00 e. The average Bonchev–Trinajstić information content (AvgIpc) is 2.76. The fourth-order valence-electron chi connectivity index (χ4n) is 4.37. The summed E-state index contributed by atoms with van der Waals surface area (Å²) in [5, 5.41) is 0. The second kappa shape index (κ2) is 8.53. The molecule has 2 aliphatic rings. The normalized spacial score (nSPS) is 24.1. The molecule has 0 spiro atoms. The minimum atomic E-state index is -1.89. The van der Waals surface area contributed by atoms with Crippen LogP contribution in [0.25, 0.3) is 0 Å². The quantitative estimate of drug-likeness (QED) is 0.467. The van der Waals surface area contributed by atoms with Crippen molar-refractivity contribution in [1.82, 2.24) is 0 Å². The third-order valence-corrected chi connectivity index (χ3v) is 35.1. The Bertz CT molecular complexity index is 586. The predicted molar refractivity (Wildman–Crippen MR) is 99.4 cm³/mol. The molecule has 135 valence electrons. The van der Waals surface area contributed by atoms with Crippen molar-refractivity contribution in [2.45, 2.75) is 68.5 Å². The van der Waals surface area contributed by atoms with Crippen LogP contribution in [0.5, 0.6) is 0 Å². The third kappa shape index (κ3) is 3.55. The van der Waals surface area contributed by atoms with Crippen LogP contribution in [-0.4, -0.2) is 5.98 Å². The molecule has 2 unspecified atom stereocenters. The number of rotatable bonds is 3. The van der Waals surface area contributed by atoms with E-state index in [9.17, 15) is 0 Å². The van der Waals surface area contributed by atoms with Crippen LogP contribution in [0.4, 0.5) is 0 Å². The smallest absolute Gasteiger partial charge is 1.00 e. The van der Waals surface area contributed by atoms with Gasteiger partial charge in [0.05, 0.1) is 0 Å². The van der Waals surface area contributed by atoms with Gasteiger partial charge in [-0.1, -0.05) is 0 Å². The summed E-state index contributed by atoms with van der Waals surface area (Å²) in [5.74, 6) is 0.844. The maximum Gasteiger partial charge on any atom is -1.00 e. The standard InChI is InChI=1S/2C9H13.C2H7Si.2FH.Hf/c2*1-6-5-7(2)9(4)8(6)3;1-3-2;;;/h2*6H,1-4H3;3H,1-2H3;2*1H;/q;;;;;+2/p-2. The van der Waals surface area contributed by atoms with Crippen LogP contribution in [-0.2, 0) is 20.6 Å². The number of allylic oxidation sites excluding steroid dienone is 8. The van der Waals surface area contributed by atoms with Gasteiger partial charge in [0.25, 0.3) is 0 Å². The molecule has 0 aromatic heterocycles. The molecule has 0 heterocycles. The molecule has 2 atom stereocenters. The van der Waals surface area contributed by atoms with E-state index in [1.807, 2.05) is 6.66 Å². The van der Waals surface area contributed by atoms with Gasteiger partial charge in [0.1, 0.15) is 0 Å². The van der Waals surface area contributed by atoms with Gasteiger partial charge >= 0.3 is 147 Å². The first-order chi connectivity index (χ1) is 10.1. The summed E-state index contributed by atoms with van der Waals surface area (Å²) in [6.45, 7) is 24.5. The maximum atomic E-state index is 2.63. The summed E-state index contributed by atoms with van der Waals surface area (Å²) in [7, 11) is 0. The van der Waals surface area contributed by atoms with Gasteiger partial charge in [-0.15, -0.1) is 0 Å². The van der Waals surface area contributed by atoms with E-state index in [0.717, 1.165) is 11.8 Å². The Balaban J connectivity index is 0.00000264. The van der Waals surface area contributed by atoms with Crippen molar-refractivity contribution in [3.8, 4) is 0 Å². The van der Waals surface area contributed by atoms with Gasteiger partial charge in [-0.3, -0.25) is 0 Å². The molecule has 0 fully saturated rings. The van der Waals surface area contributed by atoms with E-state index in [2.05, 4.69) is 68.5 Å². The SMILES string of the molecule is CC1=C(C)C(C)[C]([Hf+2]([C]2=C(C)C(C)=C(C)C2C)[SiH](C)C)=C1C.[F-].[F-]. The van der Waals surface area contributed by atoms with E-state index in [1.54, 1.807) is 33.4 Å². The second-order valence-corrected chi connectivity index (χ2v) is 34.0. The van der Waals surface area contributed by atoms with Crippen LogP contribution in [0.1, 0.15) is 55.4 Å². The minimum absolute atomic E-state index is 0. The Kier molecular flexibility index (Phi) is 8.49. The Hall–Kier alpha value is -0.0930. The molecule has 0 aliphatic heterocycles. The number of hydrogen-bond acceptors (Lipinski definition) is 0. The molecule has 0 N–H and O–H groups in total. The molecular formula is C20H33F2HfSi. The van der Waals surface area contributed by atoms with E-state index in [-0.39, 0.29) is 9.41 Å². The van der Waals surface area contributed by atoms with Gasteiger partial charge in [-0.05, 0) is 0 Å². The molecule has 24 heavy (non-hydrogen) atoms. The summed E-state index contributed by atoms with van der Waals surface area (Å²) in [6.07, 6.45) is 0. The van der Waals surface area contributed by atoms with Gasteiger partial charge < -0.3 is 9.41 Å². The fraction of sp³-hybridized carbons (Fsp3) is 0.600. The summed E-state index contributed by atoms with van der Waals surface area (Å²) >= 11 is -1.89. The Morgan fingerprint density at radius 1 is 0.625 bits per heavy atom. The molecule has 2 aliphatic carbocycles. The van der Waals surface area contributed by atoms with E-state index in [1.165, 1.54) is 0 Å². The second-order valence-electron chi connectivity index (χ2n) is 7.71. The topological polar surface area (TPSA) is 0 Å². The van der Waals surface area contributed by atoms with Crippen molar-refractivity contribution in [1.29, 1.82) is 0 Å². The summed E-state index contributed by atoms with van der Waals surface area (Å²) in [6, 6.07) is 0. The third-order valence-electron chi connectivity index (χ3n) is 6.44. The van der Waals surface area contributed by atoms with Crippen molar-refractivity contribution in [2.24, 2.45) is 11.8 Å². The molecule has 0 nitrogen and oxygen atoms in total. The Labute approximate surface area is 156 Å². The van der Waals surface area contributed by atoms with E-state index >= 15 is 0 Å². The van der Waals surface area contributed by atoms with Crippen LogP contribution >= 0.6 is 0 Å². The van der Waals surface area contributed by atoms with Crippen molar-refractivity contribution < 1.29 is 30.0 Å². The molecule has 0 bridgehead atoms. The molecular weight excluding hydrogens is 485 g/mol. The monoisotopic (exact) mass is 519 g/mol. The van der Waals surface area contributed by atoms with Crippen LogP contribution in [0.2, 0.25) is 13.1 Å². The van der Waals surface area contributed by atoms with E-state index in [4.69, 9.17) is 0 Å². The average molecular weight is 518 g/mol. The Morgan fingerprint density at radius 3 is 1.08 bits per heavy atom. The van der Waals surface area contributed by atoms with Crippen molar-refractivity contribution in [3.63, 3.8) is 0 Å². The Morgan fingerprint density at radius 2 is 0.917 bits per heavy atom. The van der Waals surface area contributed by atoms with Crippen molar-refractivity contribution in [2.75, 3.05) is 0 Å². The predicted octanol–water partition coefficient (Wildman–Crippen LogP) is 0.116. The molecule has 0 saturated carbocycles. The molecule has 0 aromatic carbocycles.